The smallest absolute Gasteiger partial charge is 0.129 e. The van der Waals surface area contributed by atoms with E-state index in [1.54, 1.807) is 0 Å². The Bertz CT molecular complexity index is 2770. The lowest BCUT2D eigenvalue weighted by atomic mass is 9.98. The number of rotatable bonds is 5. The molecule has 2 aromatic heterocycles. The van der Waals surface area contributed by atoms with Crippen LogP contribution in [0.3, 0.4) is 0 Å². The highest BCUT2D eigenvalue weighted by Gasteiger charge is 2.35. The molecule has 1 saturated heterocycles. The minimum absolute atomic E-state index is 0.0230. The standard InChI is InChI=1S/C45H29N4S/c46-28-29-10-8-13-32(26-29)45-47-44(30-11-2-1-3-12-30)49(45)34-23-21-33(22-24-34)48-40-18-6-4-14-36(40)37-25-20-31(27-41(37)48)35-16-9-17-39-38-15-5-7-19-42(38)50-43(35)39/h1-27,44-45H/q-1/p+1. The maximum absolute atomic E-state index is 9.59. The Morgan fingerprint density at radius 1 is 0.580 bits per heavy atom. The van der Waals surface area contributed by atoms with Gasteiger partial charge < -0.3 is 14.8 Å². The molecule has 1 fully saturated rings. The third-order valence-corrected chi connectivity index (χ3v) is 11.4. The quantitative estimate of drug-likeness (QED) is 0.197. The third-order valence-electron chi connectivity index (χ3n) is 10.2. The van der Waals surface area contributed by atoms with Crippen molar-refractivity contribution >= 4 is 59.0 Å². The summed E-state index contributed by atoms with van der Waals surface area (Å²) in [5, 5.41) is 19.9. The van der Waals surface area contributed by atoms with Gasteiger partial charge in [-0.15, -0.1) is 11.3 Å². The summed E-state index contributed by atoms with van der Waals surface area (Å²) in [6, 6.07) is 60.7. The summed E-state index contributed by atoms with van der Waals surface area (Å²) in [4.78, 5) is 1.26. The predicted octanol–water partition coefficient (Wildman–Crippen LogP) is 11.0. The Morgan fingerprint density at radius 3 is 2.14 bits per heavy atom. The molecular formula is C45H30N4S. The molecule has 5 heteroatoms. The molecule has 1 aliphatic heterocycles. The molecule has 10 rings (SSSR count). The molecule has 50 heavy (non-hydrogen) atoms. The number of aromatic nitrogens is 1. The van der Waals surface area contributed by atoms with Crippen LogP contribution in [-0.2, 0) is 0 Å². The number of nitrogens with zero attached hydrogens (tertiary/aromatic N) is 3. The van der Waals surface area contributed by atoms with Crippen LogP contribution in [0.15, 0.2) is 164 Å². The average molecular weight is 659 g/mol. The maximum atomic E-state index is 9.59. The van der Waals surface area contributed by atoms with Crippen LogP contribution in [0.5, 0.6) is 0 Å². The zero-order chi connectivity index (χ0) is 33.2. The molecule has 0 bridgehead atoms. The van der Waals surface area contributed by atoms with Crippen LogP contribution in [0.1, 0.15) is 29.0 Å². The largest absolute Gasteiger partial charge is 0.548 e. The summed E-state index contributed by atoms with van der Waals surface area (Å²) >= 11 is 1.87. The van der Waals surface area contributed by atoms with Crippen LogP contribution in [0.2, 0.25) is 0 Å². The van der Waals surface area contributed by atoms with Gasteiger partial charge in [0, 0.05) is 61.1 Å². The molecule has 236 valence electrons. The number of fused-ring (bicyclic) bond motifs is 6. The van der Waals surface area contributed by atoms with E-state index in [9.17, 15) is 5.26 Å². The van der Waals surface area contributed by atoms with Gasteiger partial charge in [0.15, 0.2) is 0 Å². The molecule has 3 atom stereocenters. The summed E-state index contributed by atoms with van der Waals surface area (Å²) < 4.78 is 5.05. The van der Waals surface area contributed by atoms with Crippen LogP contribution in [0.25, 0.3) is 64.1 Å². The molecule has 0 spiro atoms. The fourth-order valence-electron chi connectivity index (χ4n) is 7.83. The molecule has 0 radical (unpaired) electrons. The van der Waals surface area contributed by atoms with E-state index in [1.165, 1.54) is 69.3 Å². The number of hydrogen-bond donors (Lipinski definition) is 1. The second-order valence-electron chi connectivity index (χ2n) is 13.0. The van der Waals surface area contributed by atoms with E-state index < -0.39 is 0 Å². The van der Waals surface area contributed by atoms with Crippen molar-refractivity contribution in [3.8, 4) is 22.9 Å². The highest BCUT2D eigenvalue weighted by molar-refractivity contribution is 7.26. The minimum atomic E-state index is -0.0910. The van der Waals surface area contributed by atoms with Crippen molar-refractivity contribution in [2.45, 2.75) is 12.3 Å². The summed E-state index contributed by atoms with van der Waals surface area (Å²) in [6.45, 7) is 0. The van der Waals surface area contributed by atoms with Gasteiger partial charge in [0.2, 0.25) is 0 Å². The lowest BCUT2D eigenvalue weighted by Crippen LogP contribution is -3.13. The first kappa shape index (κ1) is 28.9. The van der Waals surface area contributed by atoms with E-state index in [1.807, 2.05) is 35.6 Å². The van der Waals surface area contributed by atoms with Gasteiger partial charge in [0.25, 0.3) is 0 Å². The monoisotopic (exact) mass is 658 g/mol. The first-order valence-electron chi connectivity index (χ1n) is 16.9. The van der Waals surface area contributed by atoms with Crippen molar-refractivity contribution in [2.75, 3.05) is 0 Å². The van der Waals surface area contributed by atoms with Gasteiger partial charge in [-0.2, -0.15) is 5.26 Å². The van der Waals surface area contributed by atoms with Gasteiger partial charge in [0.05, 0.1) is 22.7 Å². The lowest BCUT2D eigenvalue weighted by molar-refractivity contribution is -0.927. The van der Waals surface area contributed by atoms with Gasteiger partial charge in [-0.05, 0) is 64.7 Å². The number of hydrogen-bond acceptors (Lipinski definition) is 2. The number of thiophene rings is 1. The maximum Gasteiger partial charge on any atom is 0.129 e. The van der Waals surface area contributed by atoms with E-state index in [2.05, 4.69) is 150 Å². The number of nitrogens with one attached hydrogen (secondary N) is 1. The number of para-hydroxylation sites is 1. The highest BCUT2D eigenvalue weighted by atomic mass is 32.1. The van der Waals surface area contributed by atoms with Crippen molar-refractivity contribution in [2.24, 2.45) is 0 Å². The fourth-order valence-corrected chi connectivity index (χ4v) is 9.07. The molecule has 1 aliphatic rings. The Kier molecular flexibility index (Phi) is 6.68. The molecule has 0 saturated carbocycles. The van der Waals surface area contributed by atoms with Crippen LogP contribution in [0.4, 0.5) is 5.69 Å². The Labute approximate surface area is 293 Å². The normalized spacial score (nSPS) is 17.3. The summed E-state index contributed by atoms with van der Waals surface area (Å²) in [6.07, 6.45) is -0.114. The summed E-state index contributed by atoms with van der Waals surface area (Å²) in [5.74, 6) is 0. The third kappa shape index (κ3) is 4.51. The van der Waals surface area contributed by atoms with Crippen LogP contribution in [-0.4, -0.2) is 4.57 Å². The Hall–Kier alpha value is -6.03. The second-order valence-corrected chi connectivity index (χ2v) is 14.0. The molecule has 7 aromatic carbocycles. The Balaban J connectivity index is 1.10. The topological polar surface area (TPSA) is 47.3 Å². The first-order chi connectivity index (χ1) is 24.7. The summed E-state index contributed by atoms with van der Waals surface area (Å²) in [7, 11) is 0. The summed E-state index contributed by atoms with van der Waals surface area (Å²) in [5.41, 5.74) is 10.0. The van der Waals surface area contributed by atoms with E-state index in [0.29, 0.717) is 5.56 Å². The van der Waals surface area contributed by atoms with Crippen molar-refractivity contribution in [3.05, 3.63) is 186 Å². The predicted molar refractivity (Wildman–Crippen MR) is 206 cm³/mol. The van der Waals surface area contributed by atoms with Crippen molar-refractivity contribution in [1.29, 1.82) is 5.26 Å². The number of quaternary nitrogens is 1. The molecule has 3 unspecified atom stereocenters. The SMILES string of the molecule is N#Cc1cccc(C2[N-]C(c3ccccc3)[NH+]2c2ccc(-n3c4ccccc4c4ccc(-c5cccc6c5sc5ccccc56)cc43)cc2)c1. The second kappa shape index (κ2) is 11.5. The van der Waals surface area contributed by atoms with Crippen molar-refractivity contribution in [1.82, 2.24) is 4.57 Å². The van der Waals surface area contributed by atoms with Gasteiger partial charge in [-0.3, -0.25) is 0 Å². The van der Waals surface area contributed by atoms with Crippen LogP contribution >= 0.6 is 11.3 Å². The van der Waals surface area contributed by atoms with Gasteiger partial charge >= 0.3 is 0 Å². The average Bonchev–Trinajstić information content (AvgIpc) is 3.71. The number of benzene rings is 7. The van der Waals surface area contributed by atoms with Gasteiger partial charge in [-0.1, -0.05) is 109 Å². The van der Waals surface area contributed by atoms with E-state index in [4.69, 9.17) is 5.32 Å². The van der Waals surface area contributed by atoms with E-state index in [0.717, 1.165) is 11.3 Å². The van der Waals surface area contributed by atoms with Crippen LogP contribution in [0, 0.1) is 11.3 Å². The molecule has 1 N–H and O–H groups in total. The molecule has 0 amide bonds. The van der Waals surface area contributed by atoms with E-state index in [-0.39, 0.29) is 12.3 Å². The highest BCUT2D eigenvalue weighted by Crippen LogP contribution is 2.42. The van der Waals surface area contributed by atoms with E-state index >= 15 is 0 Å². The molecule has 0 aliphatic carbocycles. The van der Waals surface area contributed by atoms with Crippen LogP contribution < -0.4 is 4.90 Å². The Morgan fingerprint density at radius 2 is 1.28 bits per heavy atom. The fraction of sp³-hybridized carbons (Fsp3) is 0.0444. The van der Waals surface area contributed by atoms with Crippen molar-refractivity contribution < 1.29 is 4.90 Å². The number of nitriles is 1. The van der Waals surface area contributed by atoms with Gasteiger partial charge in [0.1, 0.15) is 5.69 Å². The minimum Gasteiger partial charge on any atom is -0.548 e. The zero-order valence-electron chi connectivity index (χ0n) is 27.0. The molecule has 3 heterocycles. The zero-order valence-corrected chi connectivity index (χ0v) is 27.8. The molecular weight excluding hydrogens is 629 g/mol. The molecule has 9 aromatic rings. The lowest BCUT2D eigenvalue weighted by Gasteiger charge is -2.58. The first-order valence-corrected chi connectivity index (χ1v) is 17.7. The molecule has 4 nitrogen and oxygen atoms in total. The van der Waals surface area contributed by atoms with Gasteiger partial charge in [-0.25, -0.2) is 0 Å². The van der Waals surface area contributed by atoms with Crippen molar-refractivity contribution in [3.63, 3.8) is 0 Å².